The number of carbonyl (C=O) groups excluding carboxylic acids is 1. The minimum absolute atomic E-state index is 0.149. The first kappa shape index (κ1) is 14.9. The molecule has 3 rings (SSSR count). The maximum Gasteiger partial charge on any atom is 0.240 e. The van der Waals surface area contributed by atoms with Gasteiger partial charge < -0.3 is 10.6 Å². The SMILES string of the molecule is NC(Cc1ccccc1)C(=O)N1CCSC2CCCCC21. The fraction of sp³-hybridized carbons (Fsp3) is 0.588. The van der Waals surface area contributed by atoms with E-state index >= 15 is 0 Å². The molecule has 1 saturated carbocycles. The number of hydrogen-bond acceptors (Lipinski definition) is 3. The van der Waals surface area contributed by atoms with Crippen molar-refractivity contribution >= 4 is 17.7 Å². The number of carbonyl (C=O) groups is 1. The molecule has 1 saturated heterocycles. The van der Waals surface area contributed by atoms with Crippen molar-refractivity contribution in [3.8, 4) is 0 Å². The van der Waals surface area contributed by atoms with E-state index in [4.69, 9.17) is 5.73 Å². The Morgan fingerprint density at radius 1 is 1.29 bits per heavy atom. The molecule has 1 aromatic rings. The van der Waals surface area contributed by atoms with E-state index in [9.17, 15) is 4.79 Å². The summed E-state index contributed by atoms with van der Waals surface area (Å²) in [6.45, 7) is 0.868. The van der Waals surface area contributed by atoms with Gasteiger partial charge in [0, 0.05) is 23.6 Å². The Bertz CT molecular complexity index is 477. The third-order valence-corrected chi connectivity index (χ3v) is 6.03. The number of fused-ring (bicyclic) bond motifs is 1. The van der Waals surface area contributed by atoms with E-state index in [0.29, 0.717) is 17.7 Å². The van der Waals surface area contributed by atoms with Gasteiger partial charge in [0.1, 0.15) is 0 Å². The first-order chi connectivity index (χ1) is 10.3. The topological polar surface area (TPSA) is 46.3 Å². The van der Waals surface area contributed by atoms with Gasteiger partial charge in [-0.25, -0.2) is 0 Å². The van der Waals surface area contributed by atoms with E-state index in [-0.39, 0.29) is 5.91 Å². The third-order valence-electron chi connectivity index (χ3n) is 4.63. The molecule has 114 valence electrons. The second kappa shape index (κ2) is 6.84. The lowest BCUT2D eigenvalue weighted by Gasteiger charge is -2.44. The van der Waals surface area contributed by atoms with Crippen LogP contribution < -0.4 is 5.73 Å². The Kier molecular flexibility index (Phi) is 4.86. The fourth-order valence-corrected chi connectivity index (χ4v) is 4.98. The predicted molar refractivity (Wildman–Crippen MR) is 88.3 cm³/mol. The van der Waals surface area contributed by atoms with Crippen LogP contribution in [0.5, 0.6) is 0 Å². The highest BCUT2D eigenvalue weighted by atomic mass is 32.2. The molecule has 1 aliphatic carbocycles. The Labute approximate surface area is 131 Å². The van der Waals surface area contributed by atoms with Gasteiger partial charge in [0.05, 0.1) is 6.04 Å². The average Bonchev–Trinajstić information content (AvgIpc) is 2.54. The highest BCUT2D eigenvalue weighted by Crippen LogP contribution is 2.35. The van der Waals surface area contributed by atoms with Crippen molar-refractivity contribution in [2.24, 2.45) is 5.73 Å². The van der Waals surface area contributed by atoms with Crippen molar-refractivity contribution in [3.63, 3.8) is 0 Å². The van der Waals surface area contributed by atoms with Crippen molar-refractivity contribution in [1.82, 2.24) is 4.90 Å². The molecule has 4 heteroatoms. The number of benzene rings is 1. The quantitative estimate of drug-likeness (QED) is 0.933. The van der Waals surface area contributed by atoms with Gasteiger partial charge in [0.25, 0.3) is 0 Å². The van der Waals surface area contributed by atoms with Crippen LogP contribution >= 0.6 is 11.8 Å². The van der Waals surface area contributed by atoms with Crippen LogP contribution in [0.3, 0.4) is 0 Å². The lowest BCUT2D eigenvalue weighted by atomic mass is 9.92. The molecule has 1 aliphatic heterocycles. The maximum atomic E-state index is 12.7. The lowest BCUT2D eigenvalue weighted by molar-refractivity contribution is -0.135. The molecule has 0 radical (unpaired) electrons. The van der Waals surface area contributed by atoms with Crippen molar-refractivity contribution in [1.29, 1.82) is 0 Å². The minimum atomic E-state index is -0.405. The van der Waals surface area contributed by atoms with E-state index < -0.39 is 6.04 Å². The number of nitrogens with zero attached hydrogens (tertiary/aromatic N) is 1. The zero-order valence-corrected chi connectivity index (χ0v) is 13.2. The molecule has 0 bridgehead atoms. The summed E-state index contributed by atoms with van der Waals surface area (Å²) in [5, 5.41) is 0.639. The molecular weight excluding hydrogens is 280 g/mol. The smallest absolute Gasteiger partial charge is 0.240 e. The van der Waals surface area contributed by atoms with E-state index in [1.165, 1.54) is 19.3 Å². The lowest BCUT2D eigenvalue weighted by Crippen LogP contribution is -2.56. The highest BCUT2D eigenvalue weighted by Gasteiger charge is 2.37. The normalized spacial score (nSPS) is 27.0. The Morgan fingerprint density at radius 3 is 2.86 bits per heavy atom. The third kappa shape index (κ3) is 3.43. The second-order valence-electron chi connectivity index (χ2n) is 6.09. The van der Waals surface area contributed by atoms with Crippen LogP contribution in [0.2, 0.25) is 0 Å². The zero-order valence-electron chi connectivity index (χ0n) is 12.4. The number of rotatable bonds is 3. The minimum Gasteiger partial charge on any atom is -0.336 e. The standard InChI is InChI=1S/C17H24N2OS/c18-14(12-13-6-2-1-3-7-13)17(20)19-10-11-21-16-9-5-4-8-15(16)19/h1-3,6-7,14-16H,4-5,8-12,18H2. The first-order valence-corrected chi connectivity index (χ1v) is 9.02. The van der Waals surface area contributed by atoms with E-state index in [1.54, 1.807) is 0 Å². The molecule has 1 amide bonds. The monoisotopic (exact) mass is 304 g/mol. The van der Waals surface area contributed by atoms with Crippen molar-refractivity contribution < 1.29 is 4.79 Å². The summed E-state index contributed by atoms with van der Waals surface area (Å²) in [5.74, 6) is 1.21. The number of amides is 1. The molecule has 3 nitrogen and oxygen atoms in total. The van der Waals surface area contributed by atoms with Crippen molar-refractivity contribution in [2.75, 3.05) is 12.3 Å². The van der Waals surface area contributed by atoms with Gasteiger partial charge >= 0.3 is 0 Å². The molecule has 2 N–H and O–H groups in total. The van der Waals surface area contributed by atoms with E-state index in [0.717, 1.165) is 24.3 Å². The second-order valence-corrected chi connectivity index (χ2v) is 7.44. The number of nitrogens with two attached hydrogens (primary N) is 1. The van der Waals surface area contributed by atoms with Gasteiger partial charge in [0.2, 0.25) is 5.91 Å². The molecular formula is C17H24N2OS. The molecule has 0 spiro atoms. The number of hydrogen-bond donors (Lipinski definition) is 1. The summed E-state index contributed by atoms with van der Waals surface area (Å²) in [7, 11) is 0. The van der Waals surface area contributed by atoms with Gasteiger partial charge in [0.15, 0.2) is 0 Å². The molecule has 1 heterocycles. The van der Waals surface area contributed by atoms with Gasteiger partial charge in [-0.2, -0.15) is 11.8 Å². The molecule has 21 heavy (non-hydrogen) atoms. The van der Waals surface area contributed by atoms with Crippen LogP contribution in [0.15, 0.2) is 30.3 Å². The Hall–Kier alpha value is -1.00. The Morgan fingerprint density at radius 2 is 2.05 bits per heavy atom. The summed E-state index contributed by atoms with van der Waals surface area (Å²) in [5.41, 5.74) is 7.35. The molecule has 3 unspecified atom stereocenters. The molecule has 0 aromatic heterocycles. The van der Waals surface area contributed by atoms with Crippen LogP contribution in [0.25, 0.3) is 0 Å². The summed E-state index contributed by atoms with van der Waals surface area (Å²) >= 11 is 2.05. The summed E-state index contributed by atoms with van der Waals surface area (Å²) < 4.78 is 0. The summed E-state index contributed by atoms with van der Waals surface area (Å²) in [6.07, 6.45) is 5.61. The van der Waals surface area contributed by atoms with Gasteiger partial charge in [-0.3, -0.25) is 4.79 Å². The van der Waals surface area contributed by atoms with Crippen LogP contribution in [0.4, 0.5) is 0 Å². The van der Waals surface area contributed by atoms with Gasteiger partial charge in [-0.05, 0) is 24.8 Å². The van der Waals surface area contributed by atoms with Crippen molar-refractivity contribution in [2.45, 2.75) is 49.4 Å². The average molecular weight is 304 g/mol. The van der Waals surface area contributed by atoms with Gasteiger partial charge in [-0.15, -0.1) is 0 Å². The molecule has 2 fully saturated rings. The predicted octanol–water partition coefficient (Wildman–Crippen LogP) is 2.44. The molecule has 3 atom stereocenters. The van der Waals surface area contributed by atoms with Crippen LogP contribution in [-0.4, -0.2) is 40.4 Å². The van der Waals surface area contributed by atoms with Crippen LogP contribution in [-0.2, 0) is 11.2 Å². The molecule has 2 aliphatic rings. The number of thioether (sulfide) groups is 1. The zero-order chi connectivity index (χ0) is 14.7. The van der Waals surface area contributed by atoms with E-state index in [2.05, 4.69) is 4.90 Å². The van der Waals surface area contributed by atoms with Crippen LogP contribution in [0, 0.1) is 0 Å². The summed E-state index contributed by atoms with van der Waals surface area (Å²) in [4.78, 5) is 14.8. The summed E-state index contributed by atoms with van der Waals surface area (Å²) in [6, 6.07) is 10.1. The van der Waals surface area contributed by atoms with Crippen LogP contribution in [0.1, 0.15) is 31.2 Å². The maximum absolute atomic E-state index is 12.7. The first-order valence-electron chi connectivity index (χ1n) is 7.97. The van der Waals surface area contributed by atoms with Crippen molar-refractivity contribution in [3.05, 3.63) is 35.9 Å². The highest BCUT2D eigenvalue weighted by molar-refractivity contribution is 8.00. The fourth-order valence-electron chi connectivity index (χ4n) is 3.54. The molecule has 1 aromatic carbocycles. The Balaban J connectivity index is 1.65. The van der Waals surface area contributed by atoms with Gasteiger partial charge in [-0.1, -0.05) is 43.2 Å². The largest absolute Gasteiger partial charge is 0.336 e. The van der Waals surface area contributed by atoms with E-state index in [1.807, 2.05) is 42.1 Å².